The molecule has 7 heavy (non-hydrogen) atoms. The first kappa shape index (κ1) is 6.43. The minimum absolute atomic E-state index is 0.433. The van der Waals surface area contributed by atoms with Crippen LogP contribution in [0.15, 0.2) is 0 Å². The number of amides is 1. The second kappa shape index (κ2) is 3.61. The van der Waals surface area contributed by atoms with Crippen molar-refractivity contribution in [1.29, 1.82) is 0 Å². The van der Waals surface area contributed by atoms with Gasteiger partial charge in [0, 0.05) is 13.1 Å². The quantitative estimate of drug-likeness (QED) is 0.456. The molecule has 2 radical (unpaired) electrons. The Morgan fingerprint density at radius 3 is 2.57 bits per heavy atom. The predicted octanol–water partition coefficient (Wildman–Crippen LogP) is -1.23. The van der Waals surface area contributed by atoms with Crippen molar-refractivity contribution < 1.29 is 4.79 Å². The summed E-state index contributed by atoms with van der Waals surface area (Å²) in [4.78, 5) is 9.81. The maximum atomic E-state index is 9.81. The van der Waals surface area contributed by atoms with Crippen LogP contribution < -0.4 is 11.1 Å². The molecule has 3 heteroatoms. The van der Waals surface area contributed by atoms with Gasteiger partial charge in [0.1, 0.15) is 0 Å². The number of rotatable bonds is 2. The fourth-order valence-corrected chi connectivity index (χ4v) is 0.195. The number of carbonyl (C=O) groups is 1. The predicted molar refractivity (Wildman–Crippen MR) is 26.4 cm³/mol. The molecule has 0 aromatic carbocycles. The second-order valence-electron chi connectivity index (χ2n) is 1.08. The highest BCUT2D eigenvalue weighted by Crippen LogP contribution is 1.53. The van der Waals surface area contributed by atoms with Gasteiger partial charge in [0.05, 0.1) is 6.92 Å². The third kappa shape index (κ3) is 5.43. The highest BCUT2D eigenvalue weighted by molar-refractivity contribution is 5.79. The van der Waals surface area contributed by atoms with Gasteiger partial charge in [0.25, 0.3) is 0 Å². The van der Waals surface area contributed by atoms with Gasteiger partial charge in [-0.1, -0.05) is 0 Å². The number of carbonyl (C=O) groups excluding carboxylic acids is 1. The Morgan fingerprint density at radius 1 is 1.86 bits per heavy atom. The number of hydrogen-bond donors (Lipinski definition) is 2. The summed E-state index contributed by atoms with van der Waals surface area (Å²) in [7, 11) is 0. The summed E-state index contributed by atoms with van der Waals surface area (Å²) >= 11 is 0. The average molecular weight is 100 g/mol. The summed E-state index contributed by atoms with van der Waals surface area (Å²) in [6, 6.07) is 0. The molecule has 3 nitrogen and oxygen atoms in total. The molecule has 1 amide bonds. The Hall–Kier alpha value is -0.570. The van der Waals surface area contributed by atoms with Crippen LogP contribution in [-0.4, -0.2) is 19.0 Å². The van der Waals surface area contributed by atoms with Gasteiger partial charge in [-0.15, -0.1) is 0 Å². The van der Waals surface area contributed by atoms with E-state index < -0.39 is 5.91 Å². The summed E-state index contributed by atoms with van der Waals surface area (Å²) in [6.45, 7) is 5.56. The summed E-state index contributed by atoms with van der Waals surface area (Å²) < 4.78 is 0. The molecule has 0 bridgehead atoms. The van der Waals surface area contributed by atoms with Gasteiger partial charge in [-0.2, -0.15) is 0 Å². The Kier molecular flexibility index (Phi) is 3.32. The zero-order valence-corrected chi connectivity index (χ0v) is 3.98. The van der Waals surface area contributed by atoms with E-state index in [4.69, 9.17) is 5.73 Å². The zero-order valence-electron chi connectivity index (χ0n) is 3.98. The number of nitrogens with one attached hydrogen (secondary N) is 1. The lowest BCUT2D eigenvalue weighted by molar-refractivity contribution is -0.116. The lowest BCUT2D eigenvalue weighted by Crippen LogP contribution is -2.26. The third-order valence-corrected chi connectivity index (χ3v) is 0.444. The van der Waals surface area contributed by atoms with Crippen molar-refractivity contribution in [3.63, 3.8) is 0 Å². The van der Waals surface area contributed by atoms with Gasteiger partial charge in [0.15, 0.2) is 0 Å². The molecule has 0 unspecified atom stereocenters. The van der Waals surface area contributed by atoms with Gasteiger partial charge in [-0.25, -0.2) is 0 Å². The first-order valence-electron chi connectivity index (χ1n) is 2.00. The van der Waals surface area contributed by atoms with E-state index in [9.17, 15) is 4.79 Å². The first-order chi connectivity index (χ1) is 3.27. The van der Waals surface area contributed by atoms with E-state index in [1.165, 1.54) is 0 Å². The third-order valence-electron chi connectivity index (χ3n) is 0.444. The van der Waals surface area contributed by atoms with Gasteiger partial charge in [-0.3, -0.25) is 4.79 Å². The SMILES string of the molecule is [CH]C(=O)NCCN. The Labute approximate surface area is 42.9 Å². The number of nitrogens with two attached hydrogens (primary N) is 1. The lowest BCUT2D eigenvalue weighted by atomic mass is 10.6. The molecule has 0 fully saturated rings. The van der Waals surface area contributed by atoms with E-state index in [-0.39, 0.29) is 0 Å². The van der Waals surface area contributed by atoms with Gasteiger partial charge < -0.3 is 11.1 Å². The maximum Gasteiger partial charge on any atom is 0.224 e. The molecule has 0 saturated carbocycles. The van der Waals surface area contributed by atoms with E-state index in [2.05, 4.69) is 12.2 Å². The highest BCUT2D eigenvalue weighted by atomic mass is 16.1. The maximum absolute atomic E-state index is 9.81. The lowest BCUT2D eigenvalue weighted by Gasteiger charge is -1.93. The smallest absolute Gasteiger partial charge is 0.224 e. The Morgan fingerprint density at radius 2 is 2.43 bits per heavy atom. The Bertz CT molecular complexity index is 62.7. The van der Waals surface area contributed by atoms with E-state index in [1.807, 2.05) is 0 Å². The van der Waals surface area contributed by atoms with Crippen LogP contribution in [0.25, 0.3) is 0 Å². The van der Waals surface area contributed by atoms with Crippen molar-refractivity contribution in [2.24, 2.45) is 5.73 Å². The van der Waals surface area contributed by atoms with Crippen molar-refractivity contribution in [2.75, 3.05) is 13.1 Å². The first-order valence-corrected chi connectivity index (χ1v) is 2.00. The molecular weight excluding hydrogens is 92.1 g/mol. The van der Waals surface area contributed by atoms with E-state index in [0.29, 0.717) is 13.1 Å². The molecule has 3 N–H and O–H groups in total. The standard InChI is InChI=1S/C4H8N2O/c1-4(7)6-3-2-5/h1H,2-3,5H2,(H,6,7). The minimum atomic E-state index is -0.523. The van der Waals surface area contributed by atoms with Crippen LogP contribution >= 0.6 is 0 Å². The zero-order chi connectivity index (χ0) is 5.70. The van der Waals surface area contributed by atoms with Crippen LogP contribution in [0.4, 0.5) is 0 Å². The molecule has 0 spiro atoms. The monoisotopic (exact) mass is 100 g/mol. The van der Waals surface area contributed by atoms with Crippen molar-refractivity contribution in [3.8, 4) is 0 Å². The molecule has 0 heterocycles. The Balaban J connectivity index is 2.82. The summed E-state index contributed by atoms with van der Waals surface area (Å²) in [6.07, 6.45) is 0. The summed E-state index contributed by atoms with van der Waals surface area (Å²) in [5.41, 5.74) is 5.01. The van der Waals surface area contributed by atoms with Crippen LogP contribution in [0.3, 0.4) is 0 Å². The fourth-order valence-electron chi connectivity index (χ4n) is 0.195. The molecule has 0 saturated heterocycles. The highest BCUT2D eigenvalue weighted by Gasteiger charge is 1.83. The topological polar surface area (TPSA) is 55.1 Å². The van der Waals surface area contributed by atoms with Crippen molar-refractivity contribution >= 4 is 5.91 Å². The van der Waals surface area contributed by atoms with Crippen LogP contribution in [0, 0.1) is 6.92 Å². The van der Waals surface area contributed by atoms with Crippen LogP contribution in [-0.2, 0) is 4.79 Å². The van der Waals surface area contributed by atoms with Crippen molar-refractivity contribution in [3.05, 3.63) is 6.92 Å². The second-order valence-corrected chi connectivity index (χ2v) is 1.08. The molecule has 0 aromatic rings. The largest absolute Gasteiger partial charge is 0.355 e. The van der Waals surface area contributed by atoms with E-state index >= 15 is 0 Å². The molecule has 0 aliphatic heterocycles. The average Bonchev–Trinajstić information content (AvgIpc) is 1.61. The molecule has 0 rings (SSSR count). The minimum Gasteiger partial charge on any atom is -0.355 e. The van der Waals surface area contributed by atoms with Gasteiger partial charge in [-0.05, 0) is 0 Å². The van der Waals surface area contributed by atoms with Crippen molar-refractivity contribution in [1.82, 2.24) is 5.32 Å². The summed E-state index contributed by atoms with van der Waals surface area (Å²) in [5, 5.41) is 2.31. The molecular formula is C4H8N2O. The fraction of sp³-hybridized carbons (Fsp3) is 0.500. The molecule has 40 valence electrons. The number of hydrogen-bond acceptors (Lipinski definition) is 2. The van der Waals surface area contributed by atoms with Gasteiger partial charge in [0.2, 0.25) is 5.91 Å². The van der Waals surface area contributed by atoms with E-state index in [1.54, 1.807) is 0 Å². The van der Waals surface area contributed by atoms with Crippen LogP contribution in [0.1, 0.15) is 0 Å². The normalized spacial score (nSPS) is 8.29. The van der Waals surface area contributed by atoms with Crippen LogP contribution in [0.5, 0.6) is 0 Å². The van der Waals surface area contributed by atoms with Crippen molar-refractivity contribution in [2.45, 2.75) is 0 Å². The molecule has 0 atom stereocenters. The molecule has 0 aliphatic carbocycles. The molecule has 0 aliphatic rings. The van der Waals surface area contributed by atoms with Gasteiger partial charge >= 0.3 is 0 Å². The van der Waals surface area contributed by atoms with E-state index in [0.717, 1.165) is 0 Å². The molecule has 0 aromatic heterocycles. The van der Waals surface area contributed by atoms with Crippen LogP contribution in [0.2, 0.25) is 0 Å². The summed E-state index contributed by atoms with van der Waals surface area (Å²) in [5.74, 6) is -0.523.